The van der Waals surface area contributed by atoms with Gasteiger partial charge in [-0.25, -0.2) is 0 Å². The quantitative estimate of drug-likeness (QED) is 0.347. The zero-order chi connectivity index (χ0) is 24.6. The smallest absolute Gasteiger partial charge is 0.289 e. The Hall–Kier alpha value is -2.22. The summed E-state index contributed by atoms with van der Waals surface area (Å²) in [6, 6.07) is -2.10. The highest BCUT2D eigenvalue weighted by Crippen LogP contribution is 2.65. The molecular weight excluding hydrogens is 432 g/mol. The van der Waals surface area contributed by atoms with E-state index in [1.54, 1.807) is 4.90 Å². The van der Waals surface area contributed by atoms with Gasteiger partial charge in [-0.2, -0.15) is 0 Å². The molecular formula is C26H40N4O4. The van der Waals surface area contributed by atoms with E-state index in [0.29, 0.717) is 6.54 Å². The summed E-state index contributed by atoms with van der Waals surface area (Å²) in [7, 11) is 0. The van der Waals surface area contributed by atoms with E-state index < -0.39 is 29.8 Å². The zero-order valence-electron chi connectivity index (χ0n) is 20.6. The Kier molecular flexibility index (Phi) is 7.17. The third kappa shape index (κ3) is 4.53. The molecule has 5 atom stereocenters. The van der Waals surface area contributed by atoms with E-state index in [1.165, 1.54) is 12.5 Å². The lowest BCUT2D eigenvalue weighted by Gasteiger charge is -2.37. The summed E-state index contributed by atoms with van der Waals surface area (Å²) in [5.41, 5.74) is 6.40. The lowest BCUT2D eigenvalue weighted by Crippen LogP contribution is -2.60. The largest absolute Gasteiger partial charge is 0.346 e. The number of fused-ring (bicyclic) bond motifs is 1. The molecule has 0 aromatic heterocycles. The fourth-order valence-electron chi connectivity index (χ4n) is 6.50. The van der Waals surface area contributed by atoms with Crippen molar-refractivity contribution < 1.29 is 19.2 Å². The van der Waals surface area contributed by atoms with Crippen molar-refractivity contribution in [2.45, 2.75) is 83.3 Å². The van der Waals surface area contributed by atoms with Crippen LogP contribution in [0.5, 0.6) is 0 Å². The first-order chi connectivity index (χ1) is 16.2. The molecule has 0 bridgehead atoms. The minimum absolute atomic E-state index is 0.0367. The molecule has 1 unspecified atom stereocenters. The fourth-order valence-corrected chi connectivity index (χ4v) is 6.50. The number of hydrogen-bond donors (Lipinski definition) is 3. The Morgan fingerprint density at radius 2 is 1.71 bits per heavy atom. The van der Waals surface area contributed by atoms with Gasteiger partial charge in [0.2, 0.25) is 17.6 Å². The first-order valence-electron chi connectivity index (χ1n) is 13.0. The molecule has 4 N–H and O–H groups in total. The maximum absolute atomic E-state index is 13.6. The van der Waals surface area contributed by atoms with Gasteiger partial charge in [0.25, 0.3) is 5.91 Å². The lowest BCUT2D eigenvalue weighted by molar-refractivity contribution is -0.145. The number of nitrogens with one attached hydrogen (secondary N) is 2. The molecule has 0 radical (unpaired) electrons. The highest BCUT2D eigenvalue weighted by atomic mass is 16.2. The number of hydrogen-bond acceptors (Lipinski definition) is 5. The maximum Gasteiger partial charge on any atom is 0.289 e. The average Bonchev–Trinajstić information content (AvgIpc) is 3.12. The molecule has 1 saturated heterocycles. The minimum atomic E-state index is -0.865. The van der Waals surface area contributed by atoms with E-state index in [-0.39, 0.29) is 47.4 Å². The van der Waals surface area contributed by atoms with Crippen molar-refractivity contribution in [2.24, 2.45) is 34.8 Å². The first-order valence-corrected chi connectivity index (χ1v) is 13.0. The number of nitrogens with two attached hydrogens (primary N) is 1. The molecule has 8 nitrogen and oxygen atoms in total. The Morgan fingerprint density at radius 1 is 1.06 bits per heavy atom. The SMILES string of the molecule is C=CCNC(=O)C(=O)C(NC(=O)[C@@H]1[C@@H]2[C@H](CN1C(=O)[C@@H](N)C1CCCCC1)C2(C)C)C1CCC1. The van der Waals surface area contributed by atoms with Crippen LogP contribution in [0.15, 0.2) is 12.7 Å². The average molecular weight is 473 g/mol. The van der Waals surface area contributed by atoms with Gasteiger partial charge in [-0.1, -0.05) is 45.6 Å². The summed E-state index contributed by atoms with van der Waals surface area (Å²) in [6.45, 7) is 8.53. The Labute approximate surface area is 202 Å². The second-order valence-electron chi connectivity index (χ2n) is 11.4. The van der Waals surface area contributed by atoms with Crippen molar-refractivity contribution in [3.8, 4) is 0 Å². The molecule has 4 fully saturated rings. The number of Topliss-reactive ketones (excluding diaryl/α,β-unsaturated/α-hetero) is 1. The molecule has 0 aromatic rings. The molecule has 3 saturated carbocycles. The number of likely N-dealkylation sites (tertiary alicyclic amines) is 1. The first kappa shape index (κ1) is 24.9. The van der Waals surface area contributed by atoms with Gasteiger partial charge < -0.3 is 21.3 Å². The molecule has 1 aliphatic heterocycles. The fraction of sp³-hybridized carbons (Fsp3) is 0.769. The number of carbonyl (C=O) groups excluding carboxylic acids is 4. The molecule has 0 spiro atoms. The summed E-state index contributed by atoms with van der Waals surface area (Å²) >= 11 is 0. The predicted molar refractivity (Wildman–Crippen MR) is 128 cm³/mol. The summed E-state index contributed by atoms with van der Waals surface area (Å²) in [4.78, 5) is 54.1. The van der Waals surface area contributed by atoms with Gasteiger partial charge in [0, 0.05) is 13.1 Å². The van der Waals surface area contributed by atoms with E-state index >= 15 is 0 Å². The molecule has 188 valence electrons. The summed E-state index contributed by atoms with van der Waals surface area (Å²) in [6.07, 6.45) is 9.34. The number of rotatable bonds is 9. The van der Waals surface area contributed by atoms with Crippen LogP contribution in [0.3, 0.4) is 0 Å². The Morgan fingerprint density at radius 3 is 2.29 bits per heavy atom. The standard InChI is InChI=1S/C26H40N4O4/c1-4-13-28-24(33)22(31)20(16-11-8-12-16)29-23(32)21-18-17(26(18,2)3)14-30(21)25(34)19(27)15-9-6-5-7-10-15/h4,15-21H,1,5-14,27H2,2-3H3,(H,28,33)(H,29,32)/t17-,18-,19-,20?,21-/m0/s1. The normalized spacial score (nSPS) is 29.9. The van der Waals surface area contributed by atoms with E-state index in [4.69, 9.17) is 5.73 Å². The van der Waals surface area contributed by atoms with Crippen LogP contribution < -0.4 is 16.4 Å². The molecule has 4 rings (SSSR count). The zero-order valence-corrected chi connectivity index (χ0v) is 20.6. The number of ketones is 1. The van der Waals surface area contributed by atoms with E-state index in [9.17, 15) is 19.2 Å². The van der Waals surface area contributed by atoms with E-state index in [2.05, 4.69) is 31.1 Å². The van der Waals surface area contributed by atoms with Gasteiger partial charge in [-0.3, -0.25) is 19.2 Å². The Bertz CT molecular complexity index is 846. The van der Waals surface area contributed by atoms with Crippen LogP contribution in [0, 0.1) is 29.1 Å². The molecule has 1 heterocycles. The maximum atomic E-state index is 13.6. The van der Waals surface area contributed by atoms with Gasteiger partial charge >= 0.3 is 0 Å². The summed E-state index contributed by atoms with van der Waals surface area (Å²) < 4.78 is 0. The number of nitrogens with zero attached hydrogens (tertiary/aromatic N) is 1. The number of piperidine rings is 1. The molecule has 0 aromatic carbocycles. The van der Waals surface area contributed by atoms with Crippen molar-refractivity contribution in [1.82, 2.24) is 15.5 Å². The highest BCUT2D eigenvalue weighted by Gasteiger charge is 2.69. The third-order valence-corrected chi connectivity index (χ3v) is 9.04. The Balaban J connectivity index is 1.49. The summed E-state index contributed by atoms with van der Waals surface area (Å²) in [5, 5.41) is 5.43. The van der Waals surface area contributed by atoms with Crippen LogP contribution >= 0.6 is 0 Å². The van der Waals surface area contributed by atoms with Crippen molar-refractivity contribution in [3.05, 3.63) is 12.7 Å². The number of amides is 3. The van der Waals surface area contributed by atoms with Gasteiger partial charge in [-0.15, -0.1) is 6.58 Å². The predicted octanol–water partition coefficient (Wildman–Crippen LogP) is 1.53. The molecule has 8 heteroatoms. The van der Waals surface area contributed by atoms with Gasteiger partial charge in [0.15, 0.2) is 0 Å². The van der Waals surface area contributed by atoms with Gasteiger partial charge in [-0.05, 0) is 54.8 Å². The molecule has 4 aliphatic rings. The van der Waals surface area contributed by atoms with Crippen LogP contribution in [0.1, 0.15) is 65.2 Å². The second kappa shape index (κ2) is 9.80. The molecule has 34 heavy (non-hydrogen) atoms. The van der Waals surface area contributed by atoms with E-state index in [1.807, 2.05) is 0 Å². The monoisotopic (exact) mass is 472 g/mol. The second-order valence-corrected chi connectivity index (χ2v) is 11.4. The van der Waals surface area contributed by atoms with Crippen molar-refractivity contribution in [2.75, 3.05) is 13.1 Å². The molecule has 3 amide bonds. The van der Waals surface area contributed by atoms with E-state index in [0.717, 1.165) is 44.9 Å². The molecule has 3 aliphatic carbocycles. The van der Waals surface area contributed by atoms with Crippen LogP contribution in [0.2, 0.25) is 0 Å². The van der Waals surface area contributed by atoms with Gasteiger partial charge in [0.1, 0.15) is 12.1 Å². The van der Waals surface area contributed by atoms with Gasteiger partial charge in [0.05, 0.1) is 6.04 Å². The summed E-state index contributed by atoms with van der Waals surface area (Å²) in [5.74, 6) is -1.41. The van der Waals surface area contributed by atoms with Crippen molar-refractivity contribution in [3.63, 3.8) is 0 Å². The highest BCUT2D eigenvalue weighted by molar-refractivity contribution is 6.38. The van der Waals surface area contributed by atoms with Crippen molar-refractivity contribution >= 4 is 23.5 Å². The number of carbonyl (C=O) groups is 4. The minimum Gasteiger partial charge on any atom is -0.346 e. The van der Waals surface area contributed by atoms with Crippen molar-refractivity contribution in [1.29, 1.82) is 0 Å². The van der Waals surface area contributed by atoms with Crippen LogP contribution in [0.25, 0.3) is 0 Å². The lowest BCUT2D eigenvalue weighted by atomic mass is 9.77. The topological polar surface area (TPSA) is 122 Å². The van der Waals surface area contributed by atoms with Crippen LogP contribution in [-0.4, -0.2) is 59.6 Å². The van der Waals surface area contributed by atoms with Crippen LogP contribution in [0.4, 0.5) is 0 Å². The van der Waals surface area contributed by atoms with Crippen LogP contribution in [-0.2, 0) is 19.2 Å². The third-order valence-electron chi connectivity index (χ3n) is 9.04.